The summed E-state index contributed by atoms with van der Waals surface area (Å²) in [5.41, 5.74) is 1.29. The predicted molar refractivity (Wildman–Crippen MR) is 82.9 cm³/mol. The topological polar surface area (TPSA) is 84.9 Å². The van der Waals surface area contributed by atoms with Crippen LogP contribution in [0.1, 0.15) is 15.9 Å². The van der Waals surface area contributed by atoms with E-state index in [1.54, 1.807) is 48.5 Å². The maximum atomic E-state index is 12.2. The highest BCUT2D eigenvalue weighted by atomic mass is 16.7. The first-order chi connectivity index (χ1) is 11.6. The van der Waals surface area contributed by atoms with Gasteiger partial charge >= 0.3 is 0 Å². The zero-order valence-corrected chi connectivity index (χ0v) is 12.6. The van der Waals surface area contributed by atoms with Crippen molar-refractivity contribution in [2.24, 2.45) is 0 Å². The van der Waals surface area contributed by atoms with E-state index in [1.165, 1.54) is 6.08 Å². The Kier molecular flexibility index (Phi) is 4.47. The predicted octanol–water partition coefficient (Wildman–Crippen LogP) is 1.44. The summed E-state index contributed by atoms with van der Waals surface area (Å²) >= 11 is 0. The van der Waals surface area contributed by atoms with E-state index in [9.17, 15) is 14.7 Å². The number of allylic oxidation sites excluding steroid dienone is 1. The summed E-state index contributed by atoms with van der Waals surface area (Å²) in [5, 5.41) is 10.3. The van der Waals surface area contributed by atoms with Crippen LogP contribution < -0.4 is 19.3 Å². The van der Waals surface area contributed by atoms with Gasteiger partial charge in [0.15, 0.2) is 17.3 Å². The summed E-state index contributed by atoms with van der Waals surface area (Å²) in [6.07, 6.45) is 3.12. The second-order valence-electron chi connectivity index (χ2n) is 5.00. The molecule has 0 fully saturated rings. The third-order valence-electron chi connectivity index (χ3n) is 3.32. The average Bonchev–Trinajstić information content (AvgIpc) is 3.06. The van der Waals surface area contributed by atoms with Gasteiger partial charge < -0.3 is 24.1 Å². The summed E-state index contributed by atoms with van der Waals surface area (Å²) in [6, 6.07) is 11.7. The number of hydrogen-bond acceptors (Lipinski definition) is 6. The molecule has 0 bridgehead atoms. The zero-order chi connectivity index (χ0) is 16.9. The molecule has 122 valence electrons. The molecule has 0 unspecified atom stereocenters. The number of benzene rings is 2. The van der Waals surface area contributed by atoms with Crippen LogP contribution >= 0.6 is 0 Å². The lowest BCUT2D eigenvalue weighted by Crippen LogP contribution is -2.28. The minimum Gasteiger partial charge on any atom is -0.546 e. The summed E-state index contributed by atoms with van der Waals surface area (Å²) in [4.78, 5) is 22.5. The molecule has 6 nitrogen and oxygen atoms in total. The second kappa shape index (κ2) is 6.87. The van der Waals surface area contributed by atoms with Gasteiger partial charge in [0, 0.05) is 5.56 Å². The van der Waals surface area contributed by atoms with E-state index in [-0.39, 0.29) is 12.6 Å². The van der Waals surface area contributed by atoms with Gasteiger partial charge in [0.1, 0.15) is 12.4 Å². The van der Waals surface area contributed by atoms with Crippen molar-refractivity contribution in [3.63, 3.8) is 0 Å². The Balaban J connectivity index is 1.64. The molecule has 0 saturated carbocycles. The fraction of sp³-hybridized carbons (Fsp3) is 0.111. The summed E-state index contributed by atoms with van der Waals surface area (Å²) in [5.74, 6) is 0.156. The van der Waals surface area contributed by atoms with Gasteiger partial charge in [0.2, 0.25) is 6.79 Å². The van der Waals surface area contributed by atoms with Gasteiger partial charge in [0.05, 0.1) is 5.97 Å². The summed E-state index contributed by atoms with van der Waals surface area (Å²) in [6.45, 7) is -0.340. The largest absolute Gasteiger partial charge is 0.546 e. The molecular formula is C18H13O6-. The third kappa shape index (κ3) is 3.73. The Labute approximate surface area is 137 Å². The number of carboxylic acids is 1. The molecule has 0 aromatic heterocycles. The van der Waals surface area contributed by atoms with Gasteiger partial charge in [0.25, 0.3) is 0 Å². The van der Waals surface area contributed by atoms with E-state index < -0.39 is 12.6 Å². The van der Waals surface area contributed by atoms with E-state index in [1.807, 2.05) is 0 Å². The van der Waals surface area contributed by atoms with Gasteiger partial charge in [-0.1, -0.05) is 18.2 Å². The van der Waals surface area contributed by atoms with Crippen LogP contribution in [0.3, 0.4) is 0 Å². The Morgan fingerprint density at radius 1 is 1.08 bits per heavy atom. The number of ether oxygens (including phenoxy) is 3. The van der Waals surface area contributed by atoms with Crippen LogP contribution in [0.15, 0.2) is 48.5 Å². The van der Waals surface area contributed by atoms with Crippen molar-refractivity contribution in [3.05, 3.63) is 59.7 Å². The summed E-state index contributed by atoms with van der Waals surface area (Å²) in [7, 11) is 0. The van der Waals surface area contributed by atoms with Crippen LogP contribution in [0.4, 0.5) is 0 Å². The molecule has 0 N–H and O–H groups in total. The van der Waals surface area contributed by atoms with Crippen molar-refractivity contribution >= 4 is 17.8 Å². The van der Waals surface area contributed by atoms with E-state index in [2.05, 4.69) is 0 Å². The molecule has 2 aromatic carbocycles. The Morgan fingerprint density at radius 3 is 2.58 bits per heavy atom. The highest BCUT2D eigenvalue weighted by molar-refractivity contribution is 6.07. The molecule has 24 heavy (non-hydrogen) atoms. The highest BCUT2D eigenvalue weighted by Crippen LogP contribution is 2.32. The first-order valence-corrected chi connectivity index (χ1v) is 7.16. The SMILES string of the molecule is O=C([O-])COc1ccc(/C=C/C(=O)c2ccc3c(c2)OCO3)cc1. The zero-order valence-electron chi connectivity index (χ0n) is 12.6. The van der Waals surface area contributed by atoms with Crippen LogP contribution in [-0.2, 0) is 4.79 Å². The molecule has 0 atom stereocenters. The number of carbonyl (C=O) groups excluding carboxylic acids is 2. The van der Waals surface area contributed by atoms with Crippen LogP contribution in [0.25, 0.3) is 6.08 Å². The third-order valence-corrected chi connectivity index (χ3v) is 3.32. The van der Waals surface area contributed by atoms with Crippen LogP contribution in [0, 0.1) is 0 Å². The van der Waals surface area contributed by atoms with Crippen molar-refractivity contribution < 1.29 is 28.9 Å². The lowest BCUT2D eigenvalue weighted by molar-refractivity contribution is -0.307. The monoisotopic (exact) mass is 325 g/mol. The van der Waals surface area contributed by atoms with Gasteiger partial charge in [-0.05, 0) is 42.0 Å². The number of fused-ring (bicyclic) bond motifs is 1. The minimum atomic E-state index is -1.28. The first-order valence-electron chi connectivity index (χ1n) is 7.16. The molecule has 0 radical (unpaired) electrons. The molecule has 0 amide bonds. The van der Waals surface area contributed by atoms with E-state index in [0.717, 1.165) is 5.56 Å². The number of carboxylic acid groups (broad SMARTS) is 1. The lowest BCUT2D eigenvalue weighted by atomic mass is 10.1. The van der Waals surface area contributed by atoms with Gasteiger partial charge in [-0.2, -0.15) is 0 Å². The maximum Gasteiger partial charge on any atom is 0.231 e. The Hall–Kier alpha value is -3.28. The molecule has 0 saturated heterocycles. The highest BCUT2D eigenvalue weighted by Gasteiger charge is 2.14. The second-order valence-corrected chi connectivity index (χ2v) is 5.00. The smallest absolute Gasteiger partial charge is 0.231 e. The van der Waals surface area contributed by atoms with Gasteiger partial charge in [-0.15, -0.1) is 0 Å². The normalized spacial score (nSPS) is 12.3. The lowest BCUT2D eigenvalue weighted by Gasteiger charge is -2.06. The van der Waals surface area contributed by atoms with Gasteiger partial charge in [-0.3, -0.25) is 4.79 Å². The van der Waals surface area contributed by atoms with Gasteiger partial charge in [-0.25, -0.2) is 0 Å². The molecule has 3 rings (SSSR count). The number of aliphatic carboxylic acids is 1. The fourth-order valence-electron chi connectivity index (χ4n) is 2.14. The molecule has 1 aliphatic rings. The number of ketones is 1. The molecular weight excluding hydrogens is 312 g/mol. The van der Waals surface area contributed by atoms with E-state index in [4.69, 9.17) is 14.2 Å². The molecule has 1 aliphatic heterocycles. The van der Waals surface area contributed by atoms with Crippen molar-refractivity contribution in [3.8, 4) is 17.2 Å². The summed E-state index contributed by atoms with van der Waals surface area (Å²) < 4.78 is 15.4. The van der Waals surface area contributed by atoms with Crippen molar-refractivity contribution in [1.82, 2.24) is 0 Å². The Bertz CT molecular complexity index is 792. The van der Waals surface area contributed by atoms with Crippen LogP contribution in [0.5, 0.6) is 17.2 Å². The molecule has 0 spiro atoms. The van der Waals surface area contributed by atoms with Crippen molar-refractivity contribution in [2.45, 2.75) is 0 Å². The number of rotatable bonds is 6. The standard InChI is InChI=1S/C18H14O6/c19-15(13-4-8-16-17(9-13)24-11-23-16)7-3-12-1-5-14(6-2-12)22-10-18(20)21/h1-9H,10-11H2,(H,20,21)/p-1/b7-3+. The van der Waals surface area contributed by atoms with E-state index in [0.29, 0.717) is 22.8 Å². The molecule has 0 aliphatic carbocycles. The number of hydrogen-bond donors (Lipinski definition) is 0. The fourth-order valence-corrected chi connectivity index (χ4v) is 2.14. The Morgan fingerprint density at radius 2 is 1.83 bits per heavy atom. The van der Waals surface area contributed by atoms with E-state index >= 15 is 0 Å². The maximum absolute atomic E-state index is 12.2. The molecule has 2 aromatic rings. The number of carbonyl (C=O) groups is 2. The minimum absolute atomic E-state index is 0.162. The molecule has 6 heteroatoms. The van der Waals surface area contributed by atoms with Crippen molar-refractivity contribution in [1.29, 1.82) is 0 Å². The van der Waals surface area contributed by atoms with Crippen LogP contribution in [-0.4, -0.2) is 25.2 Å². The quantitative estimate of drug-likeness (QED) is 0.590. The van der Waals surface area contributed by atoms with Crippen molar-refractivity contribution in [2.75, 3.05) is 13.4 Å². The van der Waals surface area contributed by atoms with Crippen LogP contribution in [0.2, 0.25) is 0 Å². The first kappa shape index (κ1) is 15.6. The average molecular weight is 325 g/mol. The molecule has 1 heterocycles.